The average Bonchev–Trinajstić information content (AvgIpc) is 2.13. The standard InChI is InChI=1S/C17H27N/c1-12(2)18-15-10-13(16(3,4)5)9-14(11-15)17(6,7)8/h9-11,18H,1H2,2-8H3. The Bertz CT molecular complexity index is 409. The predicted molar refractivity (Wildman–Crippen MR) is 82.3 cm³/mol. The number of nitrogens with one attached hydrogen (secondary N) is 1. The summed E-state index contributed by atoms with van der Waals surface area (Å²) in [6, 6.07) is 6.78. The summed E-state index contributed by atoms with van der Waals surface area (Å²) in [6.45, 7) is 19.4. The van der Waals surface area contributed by atoms with Crippen molar-refractivity contribution < 1.29 is 0 Å². The molecule has 0 amide bonds. The van der Waals surface area contributed by atoms with Gasteiger partial charge in [0, 0.05) is 11.4 Å². The van der Waals surface area contributed by atoms with Gasteiger partial charge in [0.05, 0.1) is 0 Å². The molecule has 18 heavy (non-hydrogen) atoms. The summed E-state index contributed by atoms with van der Waals surface area (Å²) >= 11 is 0. The highest BCUT2D eigenvalue weighted by molar-refractivity contribution is 5.54. The molecule has 0 radical (unpaired) electrons. The lowest BCUT2D eigenvalue weighted by Crippen LogP contribution is -2.17. The molecule has 0 bridgehead atoms. The van der Waals surface area contributed by atoms with E-state index in [2.05, 4.69) is 71.6 Å². The molecule has 0 aliphatic carbocycles. The molecule has 0 atom stereocenters. The zero-order valence-electron chi connectivity index (χ0n) is 12.9. The SMILES string of the molecule is C=C(C)Nc1cc(C(C)(C)C)cc(C(C)(C)C)c1. The second kappa shape index (κ2) is 4.79. The van der Waals surface area contributed by atoms with E-state index in [1.807, 2.05) is 6.92 Å². The normalized spacial score (nSPS) is 12.4. The number of anilines is 1. The maximum atomic E-state index is 3.92. The van der Waals surface area contributed by atoms with Crippen molar-refractivity contribution in [2.45, 2.75) is 59.3 Å². The van der Waals surface area contributed by atoms with Crippen molar-refractivity contribution in [3.63, 3.8) is 0 Å². The lowest BCUT2D eigenvalue weighted by Gasteiger charge is -2.26. The zero-order chi connectivity index (χ0) is 14.1. The summed E-state index contributed by atoms with van der Waals surface area (Å²) in [4.78, 5) is 0. The number of benzene rings is 1. The van der Waals surface area contributed by atoms with Gasteiger partial charge in [0.15, 0.2) is 0 Å². The van der Waals surface area contributed by atoms with E-state index in [9.17, 15) is 0 Å². The largest absolute Gasteiger partial charge is 0.360 e. The Balaban J connectivity index is 3.34. The fourth-order valence-electron chi connectivity index (χ4n) is 1.81. The van der Waals surface area contributed by atoms with Crippen LogP contribution in [0.2, 0.25) is 0 Å². The Morgan fingerprint density at radius 1 is 0.889 bits per heavy atom. The first-order chi connectivity index (χ1) is 8.00. The van der Waals surface area contributed by atoms with Gasteiger partial charge in [-0.2, -0.15) is 0 Å². The van der Waals surface area contributed by atoms with Crippen molar-refractivity contribution in [3.8, 4) is 0 Å². The third kappa shape index (κ3) is 3.90. The molecule has 0 unspecified atom stereocenters. The van der Waals surface area contributed by atoms with Gasteiger partial charge in [0.1, 0.15) is 0 Å². The molecule has 0 aromatic heterocycles. The molecule has 100 valence electrons. The predicted octanol–water partition coefficient (Wildman–Crippen LogP) is 5.23. The van der Waals surface area contributed by atoms with Crippen LogP contribution in [0.25, 0.3) is 0 Å². The lowest BCUT2D eigenvalue weighted by atomic mass is 9.80. The van der Waals surface area contributed by atoms with Crippen molar-refractivity contribution in [2.75, 3.05) is 5.32 Å². The minimum absolute atomic E-state index is 0.159. The highest BCUT2D eigenvalue weighted by atomic mass is 14.9. The fraction of sp³-hybridized carbons (Fsp3) is 0.529. The fourth-order valence-corrected chi connectivity index (χ4v) is 1.81. The van der Waals surface area contributed by atoms with Crippen LogP contribution in [0.3, 0.4) is 0 Å². The van der Waals surface area contributed by atoms with E-state index in [1.54, 1.807) is 0 Å². The number of hydrogen-bond acceptors (Lipinski definition) is 1. The van der Waals surface area contributed by atoms with E-state index < -0.39 is 0 Å². The van der Waals surface area contributed by atoms with Gasteiger partial charge in [-0.05, 0) is 41.0 Å². The molecule has 1 aromatic carbocycles. The highest BCUT2D eigenvalue weighted by Crippen LogP contribution is 2.32. The molecule has 0 aliphatic rings. The molecule has 1 aromatic rings. The molecular weight excluding hydrogens is 218 g/mol. The summed E-state index contributed by atoms with van der Waals surface area (Å²) < 4.78 is 0. The Hall–Kier alpha value is -1.24. The number of allylic oxidation sites excluding steroid dienone is 1. The van der Waals surface area contributed by atoms with E-state index in [4.69, 9.17) is 0 Å². The molecule has 1 N–H and O–H groups in total. The van der Waals surface area contributed by atoms with Crippen LogP contribution in [0.15, 0.2) is 30.5 Å². The van der Waals surface area contributed by atoms with Crippen LogP contribution >= 0.6 is 0 Å². The first-order valence-electron chi connectivity index (χ1n) is 6.59. The summed E-state index contributed by atoms with van der Waals surface area (Å²) in [5.41, 5.74) is 5.15. The first kappa shape index (κ1) is 14.8. The zero-order valence-corrected chi connectivity index (χ0v) is 12.9. The Kier molecular flexibility index (Phi) is 3.95. The van der Waals surface area contributed by atoms with E-state index >= 15 is 0 Å². The van der Waals surface area contributed by atoms with E-state index in [0.717, 1.165) is 11.4 Å². The summed E-state index contributed by atoms with van der Waals surface area (Å²) in [5, 5.41) is 3.34. The molecule has 0 saturated heterocycles. The lowest BCUT2D eigenvalue weighted by molar-refractivity contribution is 0.569. The van der Waals surface area contributed by atoms with Crippen molar-refractivity contribution in [2.24, 2.45) is 0 Å². The monoisotopic (exact) mass is 245 g/mol. The summed E-state index contributed by atoms with van der Waals surface area (Å²) in [5.74, 6) is 0. The summed E-state index contributed by atoms with van der Waals surface area (Å²) in [7, 11) is 0. The van der Waals surface area contributed by atoms with E-state index in [-0.39, 0.29) is 10.8 Å². The minimum atomic E-state index is 0.159. The molecule has 0 heterocycles. The maximum absolute atomic E-state index is 3.92. The van der Waals surface area contributed by atoms with Crippen LogP contribution in [0, 0.1) is 0 Å². The Morgan fingerprint density at radius 3 is 1.56 bits per heavy atom. The third-order valence-electron chi connectivity index (χ3n) is 3.02. The Morgan fingerprint density at radius 2 is 1.28 bits per heavy atom. The Labute approximate surface area is 112 Å². The van der Waals surface area contributed by atoms with Crippen LogP contribution in [-0.4, -0.2) is 0 Å². The van der Waals surface area contributed by atoms with Crippen LogP contribution in [0.5, 0.6) is 0 Å². The molecular formula is C17H27N. The van der Waals surface area contributed by atoms with Gasteiger partial charge >= 0.3 is 0 Å². The van der Waals surface area contributed by atoms with Gasteiger partial charge < -0.3 is 5.32 Å². The van der Waals surface area contributed by atoms with Crippen molar-refractivity contribution >= 4 is 5.69 Å². The molecule has 0 saturated carbocycles. The van der Waals surface area contributed by atoms with Gasteiger partial charge in [-0.25, -0.2) is 0 Å². The average molecular weight is 245 g/mol. The molecule has 0 spiro atoms. The third-order valence-corrected chi connectivity index (χ3v) is 3.02. The van der Waals surface area contributed by atoms with Gasteiger partial charge in [0.2, 0.25) is 0 Å². The maximum Gasteiger partial charge on any atom is 0.0387 e. The van der Waals surface area contributed by atoms with E-state index in [0.29, 0.717) is 0 Å². The van der Waals surface area contributed by atoms with Crippen LogP contribution in [0.4, 0.5) is 5.69 Å². The molecule has 0 fully saturated rings. The number of hydrogen-bond donors (Lipinski definition) is 1. The van der Waals surface area contributed by atoms with Gasteiger partial charge in [-0.3, -0.25) is 0 Å². The molecule has 1 nitrogen and oxygen atoms in total. The molecule has 0 aliphatic heterocycles. The van der Waals surface area contributed by atoms with Crippen LogP contribution < -0.4 is 5.32 Å². The minimum Gasteiger partial charge on any atom is -0.360 e. The van der Waals surface area contributed by atoms with Crippen LogP contribution in [0.1, 0.15) is 59.6 Å². The first-order valence-corrected chi connectivity index (χ1v) is 6.59. The van der Waals surface area contributed by atoms with E-state index in [1.165, 1.54) is 11.1 Å². The highest BCUT2D eigenvalue weighted by Gasteiger charge is 2.20. The van der Waals surface area contributed by atoms with Gasteiger partial charge in [-0.1, -0.05) is 54.2 Å². The van der Waals surface area contributed by atoms with Crippen molar-refractivity contribution in [1.29, 1.82) is 0 Å². The molecule has 1 rings (SSSR count). The van der Waals surface area contributed by atoms with Crippen molar-refractivity contribution in [1.82, 2.24) is 0 Å². The quantitative estimate of drug-likeness (QED) is 0.752. The second-order valence-corrected chi connectivity index (χ2v) is 7.20. The summed E-state index contributed by atoms with van der Waals surface area (Å²) in [6.07, 6.45) is 0. The smallest absolute Gasteiger partial charge is 0.0387 e. The topological polar surface area (TPSA) is 12.0 Å². The molecule has 1 heteroatoms. The second-order valence-electron chi connectivity index (χ2n) is 7.20. The van der Waals surface area contributed by atoms with Gasteiger partial charge in [-0.15, -0.1) is 0 Å². The van der Waals surface area contributed by atoms with Crippen molar-refractivity contribution in [3.05, 3.63) is 41.6 Å². The van der Waals surface area contributed by atoms with Crippen LogP contribution in [-0.2, 0) is 10.8 Å². The van der Waals surface area contributed by atoms with Gasteiger partial charge in [0.25, 0.3) is 0 Å². The number of rotatable bonds is 2.